The van der Waals surface area contributed by atoms with Gasteiger partial charge in [-0.2, -0.15) is 0 Å². The molecule has 1 fully saturated rings. The highest BCUT2D eigenvalue weighted by Gasteiger charge is 2.24. The highest BCUT2D eigenvalue weighted by molar-refractivity contribution is 8.76. The second-order valence-electron chi connectivity index (χ2n) is 3.11. The van der Waals surface area contributed by atoms with Gasteiger partial charge >= 0.3 is 0 Å². The molecule has 1 unspecified atom stereocenters. The van der Waals surface area contributed by atoms with Crippen LogP contribution in [0.1, 0.15) is 13.3 Å². The Bertz CT molecular complexity index is 183. The molecule has 82 valence electrons. The molecule has 3 N–H and O–H groups in total. The number of hydrogen-bond acceptors (Lipinski definition) is 5. The van der Waals surface area contributed by atoms with E-state index in [9.17, 15) is 4.79 Å². The van der Waals surface area contributed by atoms with E-state index in [0.717, 1.165) is 31.0 Å². The SMILES string of the molecule is CCC(C(=O)NN)N1CCSSCC1. The highest BCUT2D eigenvalue weighted by Crippen LogP contribution is 2.25. The van der Waals surface area contributed by atoms with E-state index in [2.05, 4.69) is 10.3 Å². The zero-order valence-electron chi connectivity index (χ0n) is 8.36. The quantitative estimate of drug-likeness (QED) is 0.322. The first-order valence-corrected chi connectivity index (χ1v) is 7.27. The van der Waals surface area contributed by atoms with Crippen molar-refractivity contribution in [2.75, 3.05) is 24.6 Å². The fourth-order valence-electron chi connectivity index (χ4n) is 1.56. The van der Waals surface area contributed by atoms with Crippen LogP contribution in [0, 0.1) is 0 Å². The van der Waals surface area contributed by atoms with Gasteiger partial charge in [0.1, 0.15) is 0 Å². The van der Waals surface area contributed by atoms with E-state index in [-0.39, 0.29) is 11.9 Å². The summed E-state index contributed by atoms with van der Waals surface area (Å²) in [4.78, 5) is 13.7. The molecule has 1 amide bonds. The van der Waals surface area contributed by atoms with Crippen molar-refractivity contribution in [1.29, 1.82) is 0 Å². The number of hydrogen-bond donors (Lipinski definition) is 2. The molecule has 1 rings (SSSR count). The Morgan fingerprint density at radius 3 is 2.50 bits per heavy atom. The van der Waals surface area contributed by atoms with Crippen LogP contribution in [-0.2, 0) is 4.79 Å². The summed E-state index contributed by atoms with van der Waals surface area (Å²) in [6.45, 7) is 3.97. The Labute approximate surface area is 92.7 Å². The molecule has 1 aliphatic heterocycles. The predicted molar refractivity (Wildman–Crippen MR) is 62.9 cm³/mol. The second-order valence-corrected chi connectivity index (χ2v) is 5.81. The minimum Gasteiger partial charge on any atom is -0.293 e. The maximum atomic E-state index is 11.5. The average Bonchev–Trinajstić information content (AvgIpc) is 2.47. The normalized spacial score (nSPS) is 21.3. The van der Waals surface area contributed by atoms with Crippen LogP contribution in [0.25, 0.3) is 0 Å². The lowest BCUT2D eigenvalue weighted by Gasteiger charge is -2.27. The van der Waals surface area contributed by atoms with Crippen LogP contribution < -0.4 is 11.3 Å². The lowest BCUT2D eigenvalue weighted by atomic mass is 10.2. The zero-order valence-corrected chi connectivity index (χ0v) is 10.00. The Hall–Kier alpha value is 0.0900. The Balaban J connectivity index is 2.52. The van der Waals surface area contributed by atoms with Gasteiger partial charge in [-0.25, -0.2) is 5.84 Å². The number of rotatable bonds is 3. The van der Waals surface area contributed by atoms with Gasteiger partial charge in [0.25, 0.3) is 5.91 Å². The maximum Gasteiger partial charge on any atom is 0.251 e. The summed E-state index contributed by atoms with van der Waals surface area (Å²) >= 11 is 0. The molecule has 0 aromatic carbocycles. The van der Waals surface area contributed by atoms with E-state index < -0.39 is 0 Å². The smallest absolute Gasteiger partial charge is 0.251 e. The van der Waals surface area contributed by atoms with Gasteiger partial charge in [0.2, 0.25) is 0 Å². The minimum absolute atomic E-state index is 0.0562. The third-order valence-corrected chi connectivity index (χ3v) is 4.64. The van der Waals surface area contributed by atoms with Crippen molar-refractivity contribution in [2.45, 2.75) is 19.4 Å². The molecule has 1 heterocycles. The zero-order chi connectivity index (χ0) is 10.4. The number of nitrogens with two attached hydrogens (primary N) is 1. The van der Waals surface area contributed by atoms with Crippen LogP contribution >= 0.6 is 21.6 Å². The molecule has 0 bridgehead atoms. The van der Waals surface area contributed by atoms with E-state index in [1.165, 1.54) is 0 Å². The second kappa shape index (κ2) is 6.55. The largest absolute Gasteiger partial charge is 0.293 e. The third-order valence-electron chi connectivity index (χ3n) is 2.28. The van der Waals surface area contributed by atoms with Gasteiger partial charge in [-0.15, -0.1) is 0 Å². The highest BCUT2D eigenvalue weighted by atomic mass is 33.1. The van der Waals surface area contributed by atoms with Crippen molar-refractivity contribution in [1.82, 2.24) is 10.3 Å². The molecule has 0 aromatic rings. The number of carbonyl (C=O) groups is 1. The van der Waals surface area contributed by atoms with Crippen molar-refractivity contribution < 1.29 is 4.79 Å². The molecule has 4 nitrogen and oxygen atoms in total. The van der Waals surface area contributed by atoms with E-state index in [4.69, 9.17) is 5.84 Å². The van der Waals surface area contributed by atoms with Crippen LogP contribution in [-0.4, -0.2) is 41.4 Å². The molecule has 1 atom stereocenters. The molecule has 0 spiro atoms. The van der Waals surface area contributed by atoms with Gasteiger partial charge in [0.05, 0.1) is 6.04 Å². The van der Waals surface area contributed by atoms with E-state index in [1.54, 1.807) is 0 Å². The monoisotopic (exact) mass is 235 g/mol. The molecule has 0 aliphatic carbocycles. The Morgan fingerprint density at radius 1 is 1.50 bits per heavy atom. The Kier molecular flexibility index (Phi) is 5.69. The summed E-state index contributed by atoms with van der Waals surface area (Å²) in [5, 5.41) is 0. The number of nitrogens with zero attached hydrogens (tertiary/aromatic N) is 1. The standard InChI is InChI=1S/C8H17N3OS2/c1-2-7(8(12)10-9)11-3-5-13-14-6-4-11/h7H,2-6,9H2,1H3,(H,10,12). The van der Waals surface area contributed by atoms with Gasteiger partial charge in [-0.05, 0) is 6.42 Å². The molecule has 0 aromatic heterocycles. The molecule has 0 radical (unpaired) electrons. The van der Waals surface area contributed by atoms with E-state index in [1.807, 2.05) is 28.5 Å². The maximum absolute atomic E-state index is 11.5. The van der Waals surface area contributed by atoms with Crippen molar-refractivity contribution >= 4 is 27.5 Å². The Morgan fingerprint density at radius 2 is 2.07 bits per heavy atom. The summed E-state index contributed by atoms with van der Waals surface area (Å²) in [5.41, 5.74) is 2.24. The topological polar surface area (TPSA) is 58.4 Å². The van der Waals surface area contributed by atoms with Crippen LogP contribution in [0.15, 0.2) is 0 Å². The number of amides is 1. The fraction of sp³-hybridized carbons (Fsp3) is 0.875. The van der Waals surface area contributed by atoms with Gasteiger partial charge in [-0.3, -0.25) is 15.1 Å². The summed E-state index contributed by atoms with van der Waals surface area (Å²) in [7, 11) is 3.76. The van der Waals surface area contributed by atoms with Crippen molar-refractivity contribution in [3.8, 4) is 0 Å². The summed E-state index contributed by atoms with van der Waals surface area (Å²) in [5.74, 6) is 7.26. The van der Waals surface area contributed by atoms with Gasteiger partial charge in [0, 0.05) is 24.6 Å². The van der Waals surface area contributed by atoms with Crippen LogP contribution in [0.3, 0.4) is 0 Å². The number of hydrazine groups is 1. The molecule has 1 aliphatic rings. The van der Waals surface area contributed by atoms with Crippen molar-refractivity contribution in [3.05, 3.63) is 0 Å². The van der Waals surface area contributed by atoms with Gasteiger partial charge in [0.15, 0.2) is 0 Å². The lowest BCUT2D eigenvalue weighted by Crippen LogP contribution is -2.49. The van der Waals surface area contributed by atoms with Gasteiger partial charge in [-0.1, -0.05) is 28.5 Å². The summed E-state index contributed by atoms with van der Waals surface area (Å²) in [6, 6.07) is -0.0562. The van der Waals surface area contributed by atoms with Crippen LogP contribution in [0.2, 0.25) is 0 Å². The molecular weight excluding hydrogens is 218 g/mol. The summed E-state index contributed by atoms with van der Waals surface area (Å²) < 4.78 is 0. The lowest BCUT2D eigenvalue weighted by molar-refractivity contribution is -0.126. The van der Waals surface area contributed by atoms with E-state index >= 15 is 0 Å². The van der Waals surface area contributed by atoms with Crippen molar-refractivity contribution in [2.24, 2.45) is 5.84 Å². The first-order chi connectivity index (χ1) is 6.79. The fourth-order valence-corrected chi connectivity index (χ4v) is 3.56. The molecule has 14 heavy (non-hydrogen) atoms. The average molecular weight is 235 g/mol. The minimum atomic E-state index is -0.0654. The molecule has 0 saturated carbocycles. The third kappa shape index (κ3) is 3.34. The van der Waals surface area contributed by atoms with E-state index in [0.29, 0.717) is 0 Å². The van der Waals surface area contributed by atoms with Crippen LogP contribution in [0.5, 0.6) is 0 Å². The number of carbonyl (C=O) groups excluding carboxylic acids is 1. The molecular formula is C8H17N3OS2. The number of nitrogens with one attached hydrogen (secondary N) is 1. The predicted octanol–water partition coefficient (Wildman–Crippen LogP) is 0.452. The summed E-state index contributed by atoms with van der Waals surface area (Å²) in [6.07, 6.45) is 0.818. The van der Waals surface area contributed by atoms with Gasteiger partial charge < -0.3 is 0 Å². The molecule has 1 saturated heterocycles. The first kappa shape index (κ1) is 12.2. The van der Waals surface area contributed by atoms with Crippen molar-refractivity contribution in [3.63, 3.8) is 0 Å². The first-order valence-electron chi connectivity index (χ1n) is 4.78. The molecule has 6 heteroatoms. The van der Waals surface area contributed by atoms with Crippen LogP contribution in [0.4, 0.5) is 0 Å².